The van der Waals surface area contributed by atoms with Crippen molar-refractivity contribution in [2.45, 2.75) is 32.1 Å². The Morgan fingerprint density at radius 3 is 2.19 bits per heavy atom. The molecular formula is C22H26O5. The summed E-state index contributed by atoms with van der Waals surface area (Å²) in [6, 6.07) is 11.7. The highest BCUT2D eigenvalue weighted by Crippen LogP contribution is 2.34. The third-order valence-electron chi connectivity index (χ3n) is 4.78. The summed E-state index contributed by atoms with van der Waals surface area (Å²) in [4.78, 5) is 11.5. The standard InChI is InChI=1S/C22H26O5/c1-25-22(24)17-8-5-16(6-9-17)7-10-19-15-21-20(26-12-13-27-21)14-18(19)4-2-3-11-23/h5-6,8-9,14-15,23H,2-4,7,10-13H2,1H3. The molecule has 2 aromatic carbocycles. The van der Waals surface area contributed by atoms with Crippen molar-refractivity contribution in [2.24, 2.45) is 0 Å². The second-order valence-electron chi connectivity index (χ2n) is 6.63. The van der Waals surface area contributed by atoms with E-state index in [1.54, 1.807) is 12.1 Å². The molecule has 27 heavy (non-hydrogen) atoms. The summed E-state index contributed by atoms with van der Waals surface area (Å²) in [7, 11) is 1.39. The van der Waals surface area contributed by atoms with Crippen LogP contribution in [0.3, 0.4) is 0 Å². The van der Waals surface area contributed by atoms with E-state index in [9.17, 15) is 4.79 Å². The number of carbonyl (C=O) groups excluding carboxylic acids is 1. The highest BCUT2D eigenvalue weighted by molar-refractivity contribution is 5.89. The maximum Gasteiger partial charge on any atom is 0.337 e. The van der Waals surface area contributed by atoms with E-state index < -0.39 is 0 Å². The van der Waals surface area contributed by atoms with Crippen LogP contribution >= 0.6 is 0 Å². The van der Waals surface area contributed by atoms with Crippen molar-refractivity contribution in [1.29, 1.82) is 0 Å². The van der Waals surface area contributed by atoms with E-state index in [1.165, 1.54) is 23.8 Å². The summed E-state index contributed by atoms with van der Waals surface area (Å²) >= 11 is 0. The van der Waals surface area contributed by atoms with Crippen molar-refractivity contribution in [2.75, 3.05) is 26.9 Å². The number of ether oxygens (including phenoxy) is 3. The van der Waals surface area contributed by atoms with E-state index in [2.05, 4.69) is 12.1 Å². The van der Waals surface area contributed by atoms with Crippen molar-refractivity contribution in [1.82, 2.24) is 0 Å². The molecule has 144 valence electrons. The zero-order valence-corrected chi connectivity index (χ0v) is 15.7. The largest absolute Gasteiger partial charge is 0.486 e. The van der Waals surface area contributed by atoms with Crippen LogP contribution in [0.25, 0.3) is 0 Å². The summed E-state index contributed by atoms with van der Waals surface area (Å²) in [5, 5.41) is 9.06. The summed E-state index contributed by atoms with van der Waals surface area (Å²) in [6.07, 6.45) is 4.39. The van der Waals surface area contributed by atoms with Gasteiger partial charge in [-0.3, -0.25) is 0 Å². The Bertz CT molecular complexity index is 767. The summed E-state index contributed by atoms with van der Waals surface area (Å²) in [5.74, 6) is 1.30. The normalized spacial score (nSPS) is 12.7. The molecule has 0 atom stereocenters. The average molecular weight is 370 g/mol. The SMILES string of the molecule is COC(=O)c1ccc(CCc2cc3c(cc2CCCCO)OCCO3)cc1. The number of fused-ring (bicyclic) bond motifs is 1. The third kappa shape index (κ3) is 5.01. The quantitative estimate of drug-likeness (QED) is 0.570. The molecule has 5 nitrogen and oxygen atoms in total. The molecule has 5 heteroatoms. The van der Waals surface area contributed by atoms with Crippen LogP contribution in [0.2, 0.25) is 0 Å². The van der Waals surface area contributed by atoms with Gasteiger partial charge in [0.05, 0.1) is 12.7 Å². The van der Waals surface area contributed by atoms with Gasteiger partial charge in [0, 0.05) is 6.61 Å². The van der Waals surface area contributed by atoms with Crippen LogP contribution in [0.4, 0.5) is 0 Å². The number of unbranched alkanes of at least 4 members (excludes halogenated alkanes) is 1. The van der Waals surface area contributed by atoms with Crippen molar-refractivity contribution < 1.29 is 24.1 Å². The molecule has 2 aromatic rings. The predicted molar refractivity (Wildman–Crippen MR) is 103 cm³/mol. The Hall–Kier alpha value is -2.53. The lowest BCUT2D eigenvalue weighted by Crippen LogP contribution is -2.16. The molecule has 0 spiro atoms. The lowest BCUT2D eigenvalue weighted by molar-refractivity contribution is 0.0600. The third-order valence-corrected chi connectivity index (χ3v) is 4.78. The minimum Gasteiger partial charge on any atom is -0.486 e. The highest BCUT2D eigenvalue weighted by Gasteiger charge is 2.16. The number of hydrogen-bond donors (Lipinski definition) is 1. The Labute approximate surface area is 159 Å². The summed E-state index contributed by atoms with van der Waals surface area (Å²) in [5.41, 5.74) is 4.22. The van der Waals surface area contributed by atoms with Crippen LogP contribution in [0.5, 0.6) is 11.5 Å². The number of hydrogen-bond acceptors (Lipinski definition) is 5. The molecule has 0 aliphatic carbocycles. The average Bonchev–Trinajstić information content (AvgIpc) is 2.72. The van der Waals surface area contributed by atoms with Crippen LogP contribution in [-0.2, 0) is 24.0 Å². The van der Waals surface area contributed by atoms with Crippen LogP contribution < -0.4 is 9.47 Å². The molecule has 0 fully saturated rings. The maximum atomic E-state index is 11.5. The number of rotatable bonds is 8. The van der Waals surface area contributed by atoms with Crippen LogP contribution in [0, 0.1) is 0 Å². The highest BCUT2D eigenvalue weighted by atomic mass is 16.6. The number of aryl methyl sites for hydroxylation is 3. The molecule has 0 amide bonds. The van der Waals surface area contributed by atoms with Crippen LogP contribution in [0.1, 0.15) is 39.9 Å². The van der Waals surface area contributed by atoms with Crippen molar-refractivity contribution in [3.05, 3.63) is 58.7 Å². The molecule has 0 bridgehead atoms. The van der Waals surface area contributed by atoms with Gasteiger partial charge < -0.3 is 19.3 Å². The lowest BCUT2D eigenvalue weighted by Gasteiger charge is -2.21. The van der Waals surface area contributed by atoms with Gasteiger partial charge in [0.2, 0.25) is 0 Å². The van der Waals surface area contributed by atoms with Gasteiger partial charge in [-0.25, -0.2) is 4.79 Å². The van der Waals surface area contributed by atoms with E-state index in [0.29, 0.717) is 18.8 Å². The minimum absolute atomic E-state index is 0.215. The maximum absolute atomic E-state index is 11.5. The van der Waals surface area contributed by atoms with Gasteiger partial charge in [-0.2, -0.15) is 0 Å². The number of benzene rings is 2. The van der Waals surface area contributed by atoms with Crippen molar-refractivity contribution in [3.63, 3.8) is 0 Å². The molecule has 1 heterocycles. The Morgan fingerprint density at radius 2 is 1.59 bits per heavy atom. The molecule has 0 aromatic heterocycles. The van der Waals surface area contributed by atoms with E-state index in [1.807, 2.05) is 12.1 Å². The Morgan fingerprint density at radius 1 is 0.963 bits per heavy atom. The first-order chi connectivity index (χ1) is 13.2. The molecule has 0 saturated heterocycles. The predicted octanol–water partition coefficient (Wildman–Crippen LogP) is 3.34. The van der Waals surface area contributed by atoms with Gasteiger partial charge in [0.15, 0.2) is 11.5 Å². The molecule has 3 rings (SSSR count). The zero-order valence-electron chi connectivity index (χ0n) is 15.7. The van der Waals surface area contributed by atoms with Gasteiger partial charge in [0.1, 0.15) is 13.2 Å². The zero-order chi connectivity index (χ0) is 19.1. The van der Waals surface area contributed by atoms with Crippen LogP contribution in [0.15, 0.2) is 36.4 Å². The van der Waals surface area contributed by atoms with Crippen molar-refractivity contribution >= 4 is 5.97 Å². The van der Waals surface area contributed by atoms with E-state index in [-0.39, 0.29) is 12.6 Å². The number of methoxy groups -OCH3 is 1. The topological polar surface area (TPSA) is 65.0 Å². The van der Waals surface area contributed by atoms with Gasteiger partial charge >= 0.3 is 5.97 Å². The minimum atomic E-state index is -0.320. The van der Waals surface area contributed by atoms with Gasteiger partial charge in [0.25, 0.3) is 0 Å². The lowest BCUT2D eigenvalue weighted by atomic mass is 9.95. The first kappa shape index (κ1) is 19.2. The molecule has 1 aliphatic rings. The molecule has 0 saturated carbocycles. The summed E-state index contributed by atoms with van der Waals surface area (Å²) < 4.78 is 16.2. The first-order valence-electron chi connectivity index (χ1n) is 9.41. The molecule has 1 aliphatic heterocycles. The second kappa shape index (κ2) is 9.42. The Balaban J connectivity index is 1.73. The van der Waals surface area contributed by atoms with E-state index in [0.717, 1.165) is 43.6 Å². The molecule has 0 unspecified atom stereocenters. The first-order valence-corrected chi connectivity index (χ1v) is 9.41. The van der Waals surface area contributed by atoms with Gasteiger partial charge in [-0.1, -0.05) is 12.1 Å². The van der Waals surface area contributed by atoms with E-state index in [4.69, 9.17) is 19.3 Å². The Kier molecular flexibility index (Phi) is 6.71. The second-order valence-corrected chi connectivity index (χ2v) is 6.63. The molecule has 0 radical (unpaired) electrons. The number of carbonyl (C=O) groups is 1. The van der Waals surface area contributed by atoms with Gasteiger partial charge in [-0.15, -0.1) is 0 Å². The van der Waals surface area contributed by atoms with E-state index >= 15 is 0 Å². The fourth-order valence-corrected chi connectivity index (χ4v) is 3.27. The molecular weight excluding hydrogens is 344 g/mol. The number of esters is 1. The number of aliphatic hydroxyl groups is 1. The summed E-state index contributed by atoms with van der Waals surface area (Å²) in [6.45, 7) is 1.37. The smallest absolute Gasteiger partial charge is 0.337 e. The fraction of sp³-hybridized carbons (Fsp3) is 0.409. The monoisotopic (exact) mass is 370 g/mol. The van der Waals surface area contributed by atoms with Gasteiger partial charge in [-0.05, 0) is 73.1 Å². The van der Waals surface area contributed by atoms with Crippen molar-refractivity contribution in [3.8, 4) is 11.5 Å². The number of aliphatic hydroxyl groups excluding tert-OH is 1. The van der Waals surface area contributed by atoms with Crippen LogP contribution in [-0.4, -0.2) is 38.0 Å². The molecule has 1 N–H and O–H groups in total. The fourth-order valence-electron chi connectivity index (χ4n) is 3.27.